The summed E-state index contributed by atoms with van der Waals surface area (Å²) in [6.07, 6.45) is 8.95. The van der Waals surface area contributed by atoms with Gasteiger partial charge in [0.15, 0.2) is 10.7 Å². The molecule has 1 aromatic rings. The average molecular weight is 396 g/mol. The number of rotatable bonds is 4. The van der Waals surface area contributed by atoms with Gasteiger partial charge in [-0.1, -0.05) is 24.3 Å². The van der Waals surface area contributed by atoms with Crippen LogP contribution in [0.2, 0.25) is 0 Å². The number of carbonyl (C=O) groups is 2. The minimum Gasteiger partial charge on any atom is -0.612 e. The molecule has 0 aliphatic carbocycles. The Hall–Kier alpha value is -2.84. The number of amides is 2. The van der Waals surface area contributed by atoms with Crippen molar-refractivity contribution in [2.45, 2.75) is 11.3 Å². The first kappa shape index (κ1) is 18.5. The summed E-state index contributed by atoms with van der Waals surface area (Å²) in [7, 11) is 0. The lowest BCUT2D eigenvalue weighted by atomic mass is 10.1. The summed E-state index contributed by atoms with van der Waals surface area (Å²) in [5.41, 5.74) is 2.11. The number of allylic oxidation sites excluding steroid dienone is 1. The van der Waals surface area contributed by atoms with Crippen molar-refractivity contribution in [1.82, 2.24) is 10.2 Å². The summed E-state index contributed by atoms with van der Waals surface area (Å²) in [6.45, 7) is 1.26. The van der Waals surface area contributed by atoms with E-state index in [4.69, 9.17) is 0 Å². The molecule has 144 valence electrons. The minimum absolute atomic E-state index is 0.0165. The predicted molar refractivity (Wildman–Crippen MR) is 109 cm³/mol. The number of urea groups is 1. The molecule has 3 heterocycles. The van der Waals surface area contributed by atoms with Crippen LogP contribution in [-0.4, -0.2) is 53.4 Å². The number of nitrogens with zero attached hydrogens (tertiary/aromatic N) is 3. The van der Waals surface area contributed by atoms with Gasteiger partial charge in [0.25, 0.3) is 0 Å². The van der Waals surface area contributed by atoms with Gasteiger partial charge in [-0.05, 0) is 23.3 Å². The van der Waals surface area contributed by atoms with Gasteiger partial charge in [-0.25, -0.2) is 9.69 Å². The van der Waals surface area contributed by atoms with Crippen molar-refractivity contribution in [1.29, 1.82) is 0 Å². The Kier molecular flexibility index (Phi) is 5.06. The van der Waals surface area contributed by atoms with Gasteiger partial charge in [0.05, 0.1) is 18.8 Å². The number of anilines is 1. The molecule has 3 aliphatic heterocycles. The van der Waals surface area contributed by atoms with E-state index >= 15 is 0 Å². The fourth-order valence-electron chi connectivity index (χ4n) is 3.46. The van der Waals surface area contributed by atoms with Crippen molar-refractivity contribution in [3.8, 4) is 0 Å². The molecule has 4 rings (SSSR count). The number of para-hydroxylation sites is 1. The third kappa shape index (κ3) is 3.48. The minimum atomic E-state index is -1.25. The number of hydrogen-bond donors (Lipinski definition) is 1. The van der Waals surface area contributed by atoms with E-state index in [1.807, 2.05) is 24.3 Å². The lowest BCUT2D eigenvalue weighted by molar-refractivity contribution is -0.113. The van der Waals surface area contributed by atoms with Crippen LogP contribution in [0, 0.1) is 0 Å². The highest BCUT2D eigenvalue weighted by Gasteiger charge is 2.36. The summed E-state index contributed by atoms with van der Waals surface area (Å²) in [5, 5.41) is 3.27. The quantitative estimate of drug-likeness (QED) is 0.788. The van der Waals surface area contributed by atoms with Gasteiger partial charge in [0.2, 0.25) is 0 Å². The first-order chi connectivity index (χ1) is 13.5. The van der Waals surface area contributed by atoms with Crippen LogP contribution in [0.25, 0.3) is 0 Å². The predicted octanol–water partition coefficient (Wildman–Crippen LogP) is 1.96. The summed E-state index contributed by atoms with van der Waals surface area (Å²) in [4.78, 5) is 33.2. The third-order valence-electron chi connectivity index (χ3n) is 4.70. The van der Waals surface area contributed by atoms with Crippen molar-refractivity contribution in [2.75, 3.05) is 30.8 Å². The second kappa shape index (κ2) is 7.65. The summed E-state index contributed by atoms with van der Waals surface area (Å²) < 4.78 is 12.3. The van der Waals surface area contributed by atoms with Crippen molar-refractivity contribution < 1.29 is 14.1 Å². The number of ketones is 1. The third-order valence-corrected chi connectivity index (χ3v) is 5.67. The standard InChI is InChI=1S/C20H20N4O3S/c1-28(27)18-7-3-2-6-17(18)24-19-14(5-4-9-22-19)12-23(20(24)26)13-15-11-16(25)8-10-21-15/h2-7,10-11,22H,8-9,12-13H2,1H3. The van der Waals surface area contributed by atoms with Crippen LogP contribution in [0.5, 0.6) is 0 Å². The molecule has 2 amide bonds. The van der Waals surface area contributed by atoms with Gasteiger partial charge in [0.1, 0.15) is 17.8 Å². The van der Waals surface area contributed by atoms with Gasteiger partial charge in [-0.2, -0.15) is 0 Å². The largest absolute Gasteiger partial charge is 0.612 e. The van der Waals surface area contributed by atoms with Crippen LogP contribution in [0.15, 0.2) is 69.5 Å². The molecule has 1 aromatic carbocycles. The molecule has 0 bridgehead atoms. The second-order valence-electron chi connectivity index (χ2n) is 6.67. The molecule has 0 spiro atoms. The Morgan fingerprint density at radius 3 is 2.89 bits per heavy atom. The van der Waals surface area contributed by atoms with E-state index in [2.05, 4.69) is 10.3 Å². The first-order valence-corrected chi connectivity index (χ1v) is 10.5. The number of aliphatic imine (C=N–C) groups is 1. The molecule has 1 N–H and O–H groups in total. The Bertz CT molecular complexity index is 949. The van der Waals surface area contributed by atoms with Crippen molar-refractivity contribution in [2.24, 2.45) is 4.99 Å². The van der Waals surface area contributed by atoms with Crippen molar-refractivity contribution >= 4 is 34.9 Å². The van der Waals surface area contributed by atoms with E-state index in [0.717, 1.165) is 5.57 Å². The lowest BCUT2D eigenvalue weighted by Crippen LogP contribution is -2.53. The maximum Gasteiger partial charge on any atom is 0.331 e. The molecule has 8 heteroatoms. The topological polar surface area (TPSA) is 88.1 Å². The van der Waals surface area contributed by atoms with Gasteiger partial charge < -0.3 is 14.8 Å². The Labute approximate surface area is 166 Å². The Balaban J connectivity index is 1.74. The molecule has 0 saturated heterocycles. The van der Waals surface area contributed by atoms with E-state index < -0.39 is 11.2 Å². The van der Waals surface area contributed by atoms with Gasteiger partial charge in [-0.3, -0.25) is 9.79 Å². The van der Waals surface area contributed by atoms with Gasteiger partial charge >= 0.3 is 6.03 Å². The fraction of sp³-hybridized carbons (Fsp3) is 0.250. The number of benzene rings is 1. The highest BCUT2D eigenvalue weighted by atomic mass is 32.2. The van der Waals surface area contributed by atoms with E-state index in [9.17, 15) is 14.1 Å². The number of carbonyl (C=O) groups excluding carboxylic acids is 2. The maximum absolute atomic E-state index is 13.4. The van der Waals surface area contributed by atoms with Crippen LogP contribution in [0.4, 0.5) is 10.5 Å². The molecule has 7 nitrogen and oxygen atoms in total. The van der Waals surface area contributed by atoms with Crippen molar-refractivity contribution in [3.63, 3.8) is 0 Å². The summed E-state index contributed by atoms with van der Waals surface area (Å²) in [5.74, 6) is 0.691. The zero-order valence-electron chi connectivity index (χ0n) is 15.4. The molecule has 3 aliphatic rings. The molecule has 28 heavy (non-hydrogen) atoms. The van der Waals surface area contributed by atoms with E-state index in [-0.39, 0.29) is 18.4 Å². The molecule has 0 fully saturated rings. The smallest absolute Gasteiger partial charge is 0.331 e. The Morgan fingerprint density at radius 1 is 1.29 bits per heavy atom. The maximum atomic E-state index is 13.4. The number of nitrogens with one attached hydrogen (secondary N) is 1. The number of hydrogen-bond acceptors (Lipinski definition) is 5. The lowest BCUT2D eigenvalue weighted by Gasteiger charge is -2.39. The van der Waals surface area contributed by atoms with E-state index in [1.54, 1.807) is 34.4 Å². The molecule has 0 saturated carbocycles. The highest BCUT2D eigenvalue weighted by molar-refractivity contribution is 7.90. The van der Waals surface area contributed by atoms with Gasteiger partial charge in [0, 0.05) is 30.8 Å². The highest BCUT2D eigenvalue weighted by Crippen LogP contribution is 2.33. The second-order valence-corrected chi connectivity index (χ2v) is 8.02. The van der Waals surface area contributed by atoms with E-state index in [0.29, 0.717) is 41.6 Å². The molecular weight excluding hydrogens is 376 g/mol. The summed E-state index contributed by atoms with van der Waals surface area (Å²) in [6, 6.07) is 6.95. The van der Waals surface area contributed by atoms with Crippen LogP contribution in [-0.2, 0) is 16.0 Å². The SMILES string of the molecule is C[S+]([O-])c1ccccc1N1C(=O)N(CC2=CC(=O)CC=N2)CC2=C1NCC=C2. The number of dihydropyridines is 1. The zero-order chi connectivity index (χ0) is 19.7. The first-order valence-electron chi connectivity index (χ1n) is 8.95. The fourth-order valence-corrected chi connectivity index (χ4v) is 4.18. The molecular formula is C20H20N4O3S. The van der Waals surface area contributed by atoms with Gasteiger partial charge in [-0.15, -0.1) is 0 Å². The Morgan fingerprint density at radius 2 is 2.11 bits per heavy atom. The zero-order valence-corrected chi connectivity index (χ0v) is 16.2. The average Bonchev–Trinajstić information content (AvgIpc) is 2.69. The van der Waals surface area contributed by atoms with Crippen LogP contribution in [0.1, 0.15) is 6.42 Å². The molecule has 0 radical (unpaired) electrons. The molecule has 0 aromatic heterocycles. The monoisotopic (exact) mass is 396 g/mol. The van der Waals surface area contributed by atoms with Crippen LogP contribution >= 0.6 is 0 Å². The normalized spacial score (nSPS) is 20.1. The van der Waals surface area contributed by atoms with Crippen molar-refractivity contribution in [3.05, 3.63) is 59.6 Å². The van der Waals surface area contributed by atoms with Crippen LogP contribution in [0.3, 0.4) is 0 Å². The van der Waals surface area contributed by atoms with E-state index in [1.165, 1.54) is 6.08 Å². The summed E-state index contributed by atoms with van der Waals surface area (Å²) >= 11 is -1.25. The van der Waals surface area contributed by atoms with Crippen LogP contribution < -0.4 is 10.2 Å². The molecule has 1 atom stereocenters. The molecule has 1 unspecified atom stereocenters.